The smallest absolute Gasteiger partial charge is 0.257 e. The number of carbonyl (C=O) groups is 1. The number of hydrogen-bond acceptors (Lipinski definition) is 2. The quantitative estimate of drug-likeness (QED) is 0.760. The molecule has 0 spiro atoms. The molecule has 1 heterocycles. The Kier molecular flexibility index (Phi) is 3.59. The monoisotopic (exact) mass is 205 g/mol. The fraction of sp³-hybridized carbons (Fsp3) is 0.889. The predicted octanol–water partition coefficient (Wildman–Crippen LogP) is 1.75. The summed E-state index contributed by atoms with van der Waals surface area (Å²) < 4.78 is 13.0. The van der Waals surface area contributed by atoms with Crippen molar-refractivity contribution in [3.8, 4) is 0 Å². The van der Waals surface area contributed by atoms with Gasteiger partial charge in [-0.3, -0.25) is 4.79 Å². The number of thioether (sulfide) groups is 1. The molecule has 0 aromatic carbocycles. The highest BCUT2D eigenvalue weighted by Gasteiger charge is 2.27. The molecule has 0 saturated carbocycles. The van der Waals surface area contributed by atoms with Gasteiger partial charge in [-0.05, 0) is 32.4 Å². The van der Waals surface area contributed by atoms with Crippen LogP contribution in [0.5, 0.6) is 0 Å². The molecule has 2 nitrogen and oxygen atoms in total. The van der Waals surface area contributed by atoms with Crippen LogP contribution in [0.15, 0.2) is 0 Å². The molecule has 1 rings (SSSR count). The van der Waals surface area contributed by atoms with Crippen molar-refractivity contribution in [3.63, 3.8) is 0 Å². The van der Waals surface area contributed by atoms with Crippen LogP contribution in [-0.2, 0) is 4.79 Å². The van der Waals surface area contributed by atoms with Crippen molar-refractivity contribution in [2.75, 3.05) is 12.3 Å². The van der Waals surface area contributed by atoms with Crippen LogP contribution >= 0.6 is 11.8 Å². The third kappa shape index (κ3) is 3.55. The first kappa shape index (κ1) is 10.8. The molecular formula is C9H16FNOS. The van der Waals surface area contributed by atoms with Gasteiger partial charge in [0.05, 0.1) is 0 Å². The summed E-state index contributed by atoms with van der Waals surface area (Å²) in [7, 11) is 0. The second-order valence-electron chi connectivity index (χ2n) is 3.82. The van der Waals surface area contributed by atoms with Crippen molar-refractivity contribution in [1.29, 1.82) is 0 Å². The second kappa shape index (κ2) is 4.31. The van der Waals surface area contributed by atoms with Crippen molar-refractivity contribution in [3.05, 3.63) is 0 Å². The van der Waals surface area contributed by atoms with E-state index in [0.29, 0.717) is 11.8 Å². The highest BCUT2D eigenvalue weighted by atomic mass is 32.2. The molecule has 0 aromatic heterocycles. The Hall–Kier alpha value is -0.250. The van der Waals surface area contributed by atoms with Gasteiger partial charge in [-0.15, -0.1) is 0 Å². The number of rotatable bonds is 3. The van der Waals surface area contributed by atoms with Crippen molar-refractivity contribution in [2.24, 2.45) is 0 Å². The number of amides is 1. The van der Waals surface area contributed by atoms with E-state index in [1.165, 1.54) is 26.0 Å². The minimum absolute atomic E-state index is 0.492. The highest BCUT2D eigenvalue weighted by molar-refractivity contribution is 8.00. The van der Waals surface area contributed by atoms with Gasteiger partial charge in [0.25, 0.3) is 5.91 Å². The van der Waals surface area contributed by atoms with E-state index >= 15 is 0 Å². The zero-order valence-corrected chi connectivity index (χ0v) is 8.92. The SMILES string of the molecule is CC(C)(F)C(=O)NCC1CCCS1. The first-order valence-electron chi connectivity index (χ1n) is 4.59. The van der Waals surface area contributed by atoms with Gasteiger partial charge in [0, 0.05) is 11.8 Å². The van der Waals surface area contributed by atoms with E-state index < -0.39 is 11.6 Å². The lowest BCUT2D eigenvalue weighted by atomic mass is 10.1. The Labute approximate surface area is 82.7 Å². The Morgan fingerprint density at radius 3 is 2.85 bits per heavy atom. The number of halogens is 1. The Morgan fingerprint density at radius 1 is 1.69 bits per heavy atom. The van der Waals surface area contributed by atoms with Gasteiger partial charge in [-0.1, -0.05) is 0 Å². The summed E-state index contributed by atoms with van der Waals surface area (Å²) in [5.41, 5.74) is -1.75. The van der Waals surface area contributed by atoms with E-state index in [0.717, 1.165) is 6.42 Å². The maximum absolute atomic E-state index is 13.0. The molecule has 0 bridgehead atoms. The predicted molar refractivity (Wildman–Crippen MR) is 53.7 cm³/mol. The fourth-order valence-corrected chi connectivity index (χ4v) is 2.42. The van der Waals surface area contributed by atoms with Gasteiger partial charge in [-0.2, -0.15) is 11.8 Å². The molecule has 1 amide bonds. The Bertz CT molecular complexity index is 185. The standard InChI is InChI=1S/C9H16FNOS/c1-9(2,10)8(12)11-6-7-4-3-5-13-7/h7H,3-6H2,1-2H3,(H,11,12). The van der Waals surface area contributed by atoms with Crippen molar-refractivity contribution in [2.45, 2.75) is 37.6 Å². The Morgan fingerprint density at radius 2 is 2.38 bits per heavy atom. The molecule has 76 valence electrons. The summed E-state index contributed by atoms with van der Waals surface area (Å²) in [4.78, 5) is 11.1. The van der Waals surface area contributed by atoms with Crippen molar-refractivity contribution in [1.82, 2.24) is 5.32 Å². The van der Waals surface area contributed by atoms with E-state index in [9.17, 15) is 9.18 Å². The molecule has 0 aromatic rings. The first-order chi connectivity index (χ1) is 6.00. The van der Waals surface area contributed by atoms with Gasteiger partial charge >= 0.3 is 0 Å². The van der Waals surface area contributed by atoms with Gasteiger partial charge < -0.3 is 5.32 Å². The summed E-state index contributed by atoms with van der Waals surface area (Å²) in [6, 6.07) is 0. The number of nitrogens with one attached hydrogen (secondary N) is 1. The van der Waals surface area contributed by atoms with Crippen molar-refractivity contribution >= 4 is 17.7 Å². The molecule has 0 aliphatic carbocycles. The Balaban J connectivity index is 2.22. The normalized spacial score (nSPS) is 23.2. The average Bonchev–Trinajstić information content (AvgIpc) is 2.50. The molecule has 1 saturated heterocycles. The molecule has 1 atom stereocenters. The molecule has 4 heteroatoms. The average molecular weight is 205 g/mol. The van der Waals surface area contributed by atoms with E-state index in [-0.39, 0.29) is 0 Å². The third-order valence-electron chi connectivity index (χ3n) is 2.05. The van der Waals surface area contributed by atoms with Crippen LogP contribution < -0.4 is 5.32 Å². The summed E-state index contributed by atoms with van der Waals surface area (Å²) >= 11 is 1.86. The molecule has 1 N–H and O–H groups in total. The largest absolute Gasteiger partial charge is 0.352 e. The summed E-state index contributed by atoms with van der Waals surface area (Å²) in [6.45, 7) is 3.17. The minimum atomic E-state index is -1.75. The number of hydrogen-bond donors (Lipinski definition) is 1. The van der Waals surface area contributed by atoms with Gasteiger partial charge in [0.1, 0.15) is 0 Å². The van der Waals surface area contributed by atoms with Gasteiger partial charge in [-0.25, -0.2) is 4.39 Å². The zero-order chi connectivity index (χ0) is 9.90. The molecule has 0 radical (unpaired) electrons. The minimum Gasteiger partial charge on any atom is -0.352 e. The molecule has 1 aliphatic heterocycles. The molecule has 1 aliphatic rings. The lowest BCUT2D eigenvalue weighted by molar-refractivity contribution is -0.130. The topological polar surface area (TPSA) is 29.1 Å². The van der Waals surface area contributed by atoms with Crippen LogP contribution in [0, 0.1) is 0 Å². The summed E-state index contributed by atoms with van der Waals surface area (Å²) in [5, 5.41) is 3.12. The molecular weight excluding hydrogens is 189 g/mol. The van der Waals surface area contributed by atoms with E-state index in [1.54, 1.807) is 0 Å². The summed E-state index contributed by atoms with van der Waals surface area (Å²) in [5.74, 6) is 0.666. The first-order valence-corrected chi connectivity index (χ1v) is 5.64. The fourth-order valence-electron chi connectivity index (χ4n) is 1.22. The van der Waals surface area contributed by atoms with E-state index in [4.69, 9.17) is 0 Å². The molecule has 13 heavy (non-hydrogen) atoms. The van der Waals surface area contributed by atoms with Crippen LogP contribution in [0.3, 0.4) is 0 Å². The van der Waals surface area contributed by atoms with Gasteiger partial charge in [0.2, 0.25) is 0 Å². The van der Waals surface area contributed by atoms with Crippen LogP contribution in [0.4, 0.5) is 4.39 Å². The maximum atomic E-state index is 13.0. The zero-order valence-electron chi connectivity index (χ0n) is 8.10. The second-order valence-corrected chi connectivity index (χ2v) is 5.23. The number of alkyl halides is 1. The van der Waals surface area contributed by atoms with Crippen LogP contribution in [0.25, 0.3) is 0 Å². The van der Waals surface area contributed by atoms with Crippen molar-refractivity contribution < 1.29 is 9.18 Å². The third-order valence-corrected chi connectivity index (χ3v) is 3.45. The maximum Gasteiger partial charge on any atom is 0.257 e. The lowest BCUT2D eigenvalue weighted by Gasteiger charge is -2.16. The highest BCUT2D eigenvalue weighted by Crippen LogP contribution is 2.25. The van der Waals surface area contributed by atoms with Crippen LogP contribution in [-0.4, -0.2) is 29.1 Å². The van der Waals surface area contributed by atoms with Gasteiger partial charge in [0.15, 0.2) is 5.67 Å². The van der Waals surface area contributed by atoms with E-state index in [2.05, 4.69) is 5.32 Å². The lowest BCUT2D eigenvalue weighted by Crippen LogP contribution is -2.41. The van der Waals surface area contributed by atoms with E-state index in [1.807, 2.05) is 11.8 Å². The number of carbonyl (C=O) groups excluding carboxylic acids is 1. The van der Waals surface area contributed by atoms with Crippen LogP contribution in [0.2, 0.25) is 0 Å². The summed E-state index contributed by atoms with van der Waals surface area (Å²) in [6.07, 6.45) is 2.35. The van der Waals surface area contributed by atoms with Crippen LogP contribution in [0.1, 0.15) is 26.7 Å². The molecule has 1 unspecified atom stereocenters. The molecule has 1 fully saturated rings.